The first-order valence-electron chi connectivity index (χ1n) is 24.2. The number of likely N-dealkylation sites (N-methyl/N-ethyl adjacent to an activating group) is 2. The molecular formula is C50H87N7O9S. The van der Waals surface area contributed by atoms with E-state index in [1.165, 1.54) is 19.1 Å². The Morgan fingerprint density at radius 1 is 0.881 bits per heavy atom. The lowest BCUT2D eigenvalue weighted by Gasteiger charge is -2.41. The zero-order valence-electron chi connectivity index (χ0n) is 43.4. The molecular weight excluding hydrogens is 875 g/mol. The lowest BCUT2D eigenvalue weighted by Crippen LogP contribution is -2.59. The number of esters is 1. The first-order chi connectivity index (χ1) is 31.6. The third-order valence-corrected chi connectivity index (χ3v) is 13.8. The number of hydrogen-bond donors (Lipinski definition) is 4. The quantitative estimate of drug-likeness (QED) is 0.0474. The monoisotopic (exact) mass is 962 g/mol. The van der Waals surface area contributed by atoms with Crippen molar-refractivity contribution in [2.45, 2.75) is 150 Å². The average molecular weight is 962 g/mol. The molecule has 16 nitrogen and oxygen atoms in total. The number of benzene rings is 1. The predicted octanol–water partition coefficient (Wildman–Crippen LogP) is 4.69. The Kier molecular flexibility index (Phi) is 26.0. The second-order valence-corrected chi connectivity index (χ2v) is 20.4. The largest absolute Gasteiger partial charge is 0.465 e. The molecule has 0 unspecified atom stereocenters. The fourth-order valence-corrected chi connectivity index (χ4v) is 9.41. The number of hydrogen-bond acceptors (Lipinski definition) is 12. The molecule has 0 radical (unpaired) electrons. The molecule has 0 spiro atoms. The van der Waals surface area contributed by atoms with Crippen LogP contribution < -0.4 is 20.7 Å². The number of methoxy groups -OCH3 is 2. The lowest BCUT2D eigenvalue weighted by atomic mass is 9.89. The van der Waals surface area contributed by atoms with Crippen molar-refractivity contribution in [1.82, 2.24) is 35.4 Å². The first kappa shape index (κ1) is 59.4. The van der Waals surface area contributed by atoms with E-state index in [1.807, 2.05) is 111 Å². The van der Waals surface area contributed by atoms with Gasteiger partial charge in [-0.15, -0.1) is 0 Å². The van der Waals surface area contributed by atoms with Crippen LogP contribution in [0.25, 0.3) is 0 Å². The zero-order valence-corrected chi connectivity index (χ0v) is 44.3. The maximum atomic E-state index is 14.4. The van der Waals surface area contributed by atoms with Crippen LogP contribution in [-0.2, 0) is 49.4 Å². The summed E-state index contributed by atoms with van der Waals surface area (Å²) in [5.41, 5.74) is 0.212. The Labute approximate surface area is 407 Å². The molecule has 1 aliphatic heterocycles. The summed E-state index contributed by atoms with van der Waals surface area (Å²) in [5.74, 6) is -2.69. The van der Waals surface area contributed by atoms with Gasteiger partial charge in [0.1, 0.15) is 12.1 Å². The molecule has 1 heterocycles. The van der Waals surface area contributed by atoms with E-state index in [9.17, 15) is 28.8 Å². The third kappa shape index (κ3) is 17.9. The smallest absolute Gasteiger partial charge is 0.311 e. The molecule has 382 valence electrons. The summed E-state index contributed by atoms with van der Waals surface area (Å²) in [7, 11) is 8.50. The minimum absolute atomic E-state index is 0.0165. The number of nitrogens with zero attached hydrogens (tertiary/aromatic N) is 3. The highest BCUT2D eigenvalue weighted by Gasteiger charge is 2.43. The van der Waals surface area contributed by atoms with Crippen LogP contribution in [0, 0.1) is 29.1 Å². The molecule has 1 aliphatic rings. The minimum Gasteiger partial charge on any atom is -0.465 e. The highest BCUT2D eigenvalue weighted by molar-refractivity contribution is 7.96. The molecule has 2 rings (SSSR count). The molecule has 0 aliphatic carbocycles. The van der Waals surface area contributed by atoms with Crippen LogP contribution in [0.4, 0.5) is 0 Å². The first-order valence-corrected chi connectivity index (χ1v) is 25.4. The van der Waals surface area contributed by atoms with E-state index < -0.39 is 59.7 Å². The number of carbonyl (C=O) groups excluding carboxylic acids is 6. The van der Waals surface area contributed by atoms with Crippen molar-refractivity contribution in [2.75, 3.05) is 67.9 Å². The second kappa shape index (κ2) is 29.3. The molecule has 1 aromatic rings. The number of nitrogens with one attached hydrogen (secondary N) is 4. The van der Waals surface area contributed by atoms with Crippen molar-refractivity contribution in [3.63, 3.8) is 0 Å². The molecule has 5 amide bonds. The van der Waals surface area contributed by atoms with Crippen LogP contribution in [0.1, 0.15) is 106 Å². The molecule has 9 atom stereocenters. The van der Waals surface area contributed by atoms with Crippen LogP contribution >= 0.6 is 11.9 Å². The van der Waals surface area contributed by atoms with E-state index in [-0.39, 0.29) is 73.3 Å². The summed E-state index contributed by atoms with van der Waals surface area (Å²) in [6.07, 6.45) is 3.85. The van der Waals surface area contributed by atoms with Gasteiger partial charge in [-0.3, -0.25) is 38.4 Å². The molecule has 67 heavy (non-hydrogen) atoms. The Hall–Kier alpha value is -3.77. The molecule has 1 aromatic carbocycles. The number of rotatable bonds is 30. The molecule has 0 saturated carbocycles. The van der Waals surface area contributed by atoms with Gasteiger partial charge in [0.05, 0.1) is 54.7 Å². The van der Waals surface area contributed by atoms with Crippen LogP contribution in [0.5, 0.6) is 0 Å². The van der Waals surface area contributed by atoms with Crippen molar-refractivity contribution < 1.29 is 43.0 Å². The SMILES string of the molecule is CC[C@H](C)[C@@H]([C@@H](CC(=O)N1CCC[C@H]1[C@H](OC)[C@@H](C)C(=O)N[C@@H](Cc1ccccc1)C(=O)NCCCOC(=O)C(C)(C)CCNSC)OC)N(C)C(=O)[C@@H](NC(=O)[C@H](C(C)C)N(C)C)C(C)C. The molecule has 0 aromatic heterocycles. The Balaban J connectivity index is 2.23. The van der Waals surface area contributed by atoms with Gasteiger partial charge in [0.2, 0.25) is 29.5 Å². The lowest BCUT2D eigenvalue weighted by molar-refractivity contribution is -0.154. The van der Waals surface area contributed by atoms with Gasteiger partial charge in [-0.05, 0) is 83.2 Å². The van der Waals surface area contributed by atoms with Crippen molar-refractivity contribution in [3.8, 4) is 0 Å². The molecule has 4 N–H and O–H groups in total. The van der Waals surface area contributed by atoms with Gasteiger partial charge in [-0.25, -0.2) is 0 Å². The summed E-state index contributed by atoms with van der Waals surface area (Å²) in [6.45, 7) is 18.8. The topological polar surface area (TPSA) is 188 Å². The van der Waals surface area contributed by atoms with Gasteiger partial charge in [-0.2, -0.15) is 0 Å². The van der Waals surface area contributed by atoms with Crippen LogP contribution in [0.3, 0.4) is 0 Å². The summed E-state index contributed by atoms with van der Waals surface area (Å²) >= 11 is 1.50. The predicted molar refractivity (Wildman–Crippen MR) is 266 cm³/mol. The van der Waals surface area contributed by atoms with Crippen LogP contribution in [0.15, 0.2) is 30.3 Å². The number of likely N-dealkylation sites (tertiary alicyclic amines) is 1. The maximum Gasteiger partial charge on any atom is 0.311 e. The molecule has 17 heteroatoms. The van der Waals surface area contributed by atoms with Crippen molar-refractivity contribution in [2.24, 2.45) is 29.1 Å². The van der Waals surface area contributed by atoms with Crippen LogP contribution in [0.2, 0.25) is 0 Å². The number of carbonyl (C=O) groups is 6. The van der Waals surface area contributed by atoms with E-state index in [1.54, 1.807) is 30.9 Å². The summed E-state index contributed by atoms with van der Waals surface area (Å²) in [4.78, 5) is 88.1. The summed E-state index contributed by atoms with van der Waals surface area (Å²) in [5, 5.41) is 8.94. The van der Waals surface area contributed by atoms with Crippen molar-refractivity contribution in [1.29, 1.82) is 0 Å². The summed E-state index contributed by atoms with van der Waals surface area (Å²) in [6, 6.07) is 6.39. The zero-order chi connectivity index (χ0) is 50.6. The van der Waals surface area contributed by atoms with Gasteiger partial charge in [0.15, 0.2) is 0 Å². The standard InChI is InChI=1S/C50H87N7O9S/c1-16-34(6)43(56(12)48(62)41(32(2)3)54-47(61)42(33(4)5)55(10)11)39(64-13)31-40(58)57-28-20-24-38(57)44(65-14)35(7)45(59)53-37(30-36-22-18-17-19-23-36)46(60)51-26-21-29-66-49(63)50(8,9)25-27-52-67-15/h17-19,22-23,32-35,37-39,41-44,52H,16,20-21,24-31H2,1-15H3,(H,51,60)(H,53,59)(H,54,61)/t34-,35+,37-,38-,39+,41-,42-,43-,44+/m0/s1. The second-order valence-electron chi connectivity index (χ2n) is 19.7. The highest BCUT2D eigenvalue weighted by Crippen LogP contribution is 2.30. The number of ether oxygens (including phenoxy) is 3. The maximum absolute atomic E-state index is 14.4. The van der Waals surface area contributed by atoms with E-state index in [4.69, 9.17) is 14.2 Å². The van der Waals surface area contributed by atoms with Gasteiger partial charge in [-0.1, -0.05) is 97.2 Å². The summed E-state index contributed by atoms with van der Waals surface area (Å²) < 4.78 is 20.8. The van der Waals surface area contributed by atoms with Gasteiger partial charge in [0, 0.05) is 47.3 Å². The van der Waals surface area contributed by atoms with E-state index in [0.29, 0.717) is 45.2 Å². The normalized spacial score (nSPS) is 17.8. The average Bonchev–Trinajstić information content (AvgIpc) is 3.77. The van der Waals surface area contributed by atoms with Crippen molar-refractivity contribution >= 4 is 47.5 Å². The van der Waals surface area contributed by atoms with Crippen LogP contribution in [-0.4, -0.2) is 160 Å². The third-order valence-electron chi connectivity index (χ3n) is 13.3. The van der Waals surface area contributed by atoms with E-state index in [0.717, 1.165) is 5.56 Å². The van der Waals surface area contributed by atoms with Gasteiger partial charge >= 0.3 is 5.97 Å². The van der Waals surface area contributed by atoms with Crippen molar-refractivity contribution in [3.05, 3.63) is 35.9 Å². The molecule has 0 bridgehead atoms. The Bertz CT molecular complexity index is 1690. The molecule has 1 saturated heterocycles. The van der Waals surface area contributed by atoms with Gasteiger partial charge in [0.25, 0.3) is 0 Å². The highest BCUT2D eigenvalue weighted by atomic mass is 32.2. The number of amides is 5. The fraction of sp³-hybridized carbons (Fsp3) is 0.760. The van der Waals surface area contributed by atoms with Gasteiger partial charge < -0.3 is 40.0 Å². The molecule has 1 fully saturated rings. The van der Waals surface area contributed by atoms with E-state index >= 15 is 0 Å². The fourth-order valence-electron chi connectivity index (χ4n) is 9.11. The van der Waals surface area contributed by atoms with E-state index in [2.05, 4.69) is 20.7 Å². The Morgan fingerprint density at radius 3 is 2.09 bits per heavy atom. The Morgan fingerprint density at radius 2 is 1.54 bits per heavy atom. The minimum atomic E-state index is -0.908.